The average molecular weight is 715 g/mol. The molecule has 0 spiro atoms. The summed E-state index contributed by atoms with van der Waals surface area (Å²) in [5.41, 5.74) is 16.9. The van der Waals surface area contributed by atoms with Crippen molar-refractivity contribution in [3.05, 3.63) is 228 Å². The molecule has 0 radical (unpaired) electrons. The minimum atomic E-state index is -0.143. The van der Waals surface area contributed by atoms with E-state index in [0.717, 1.165) is 56.4 Å². The van der Waals surface area contributed by atoms with Crippen LogP contribution in [0.5, 0.6) is 0 Å². The molecule has 0 aromatic heterocycles. The van der Waals surface area contributed by atoms with Crippen LogP contribution in [0.2, 0.25) is 0 Å². The Morgan fingerprint density at radius 2 is 0.589 bits per heavy atom. The second-order valence-electron chi connectivity index (χ2n) is 14.3. The van der Waals surface area contributed by atoms with E-state index in [1.165, 1.54) is 22.3 Å². The van der Waals surface area contributed by atoms with Crippen LogP contribution in [0.3, 0.4) is 0 Å². The quantitative estimate of drug-likeness (QED) is 0.165. The molecule has 0 fully saturated rings. The van der Waals surface area contributed by atoms with Crippen LogP contribution in [0, 0.1) is 22.7 Å². The van der Waals surface area contributed by atoms with Crippen molar-refractivity contribution in [1.82, 2.24) is 0 Å². The zero-order valence-corrected chi connectivity index (χ0v) is 30.4. The van der Waals surface area contributed by atoms with E-state index in [-0.39, 0.29) is 11.8 Å². The molecule has 0 atom stereocenters. The Labute approximate surface area is 327 Å². The van der Waals surface area contributed by atoms with Crippen molar-refractivity contribution < 1.29 is 0 Å². The Morgan fingerprint density at radius 3 is 0.893 bits per heavy atom. The zero-order chi connectivity index (χ0) is 37.6. The van der Waals surface area contributed by atoms with E-state index in [2.05, 4.69) is 180 Å². The lowest BCUT2D eigenvalue weighted by Crippen LogP contribution is -2.14. The monoisotopic (exact) mass is 714 g/mol. The van der Waals surface area contributed by atoms with Gasteiger partial charge in [-0.05, 0) is 142 Å². The van der Waals surface area contributed by atoms with E-state index in [1.54, 1.807) is 0 Å². The minimum Gasteiger partial charge on any atom is -0.310 e. The topological polar surface area (TPSA) is 54.1 Å². The molecular weight excluding hydrogens is 681 g/mol. The maximum Gasteiger partial charge on any atom is 0.0991 e. The Hall–Kier alpha value is -7.66. The summed E-state index contributed by atoms with van der Waals surface area (Å²) < 4.78 is 0. The summed E-state index contributed by atoms with van der Waals surface area (Å²) in [5.74, 6) is -0.263. The van der Waals surface area contributed by atoms with Crippen molar-refractivity contribution in [2.24, 2.45) is 0 Å². The fraction of sp³-hybridized carbons (Fsp3) is 0.0385. The van der Waals surface area contributed by atoms with Crippen molar-refractivity contribution in [1.29, 1.82) is 10.5 Å². The molecule has 56 heavy (non-hydrogen) atoms. The Bertz CT molecular complexity index is 2560. The van der Waals surface area contributed by atoms with Crippen molar-refractivity contribution in [3.63, 3.8) is 0 Å². The van der Waals surface area contributed by atoms with Crippen LogP contribution >= 0.6 is 0 Å². The van der Waals surface area contributed by atoms with Crippen LogP contribution in [-0.2, 0) is 0 Å². The number of hydrogen-bond acceptors (Lipinski definition) is 4. The van der Waals surface area contributed by atoms with Gasteiger partial charge < -0.3 is 9.80 Å². The van der Waals surface area contributed by atoms with Gasteiger partial charge in [-0.3, -0.25) is 0 Å². The van der Waals surface area contributed by atoms with Gasteiger partial charge in [0.05, 0.1) is 23.3 Å². The molecule has 2 aliphatic carbocycles. The Balaban J connectivity index is 1.23. The minimum absolute atomic E-state index is 0.121. The Morgan fingerprint density at radius 1 is 0.304 bits per heavy atom. The van der Waals surface area contributed by atoms with Gasteiger partial charge in [0, 0.05) is 46.0 Å². The van der Waals surface area contributed by atoms with Crippen LogP contribution in [-0.4, -0.2) is 0 Å². The molecule has 0 bridgehead atoms. The van der Waals surface area contributed by atoms with Crippen molar-refractivity contribution in [2.75, 3.05) is 9.80 Å². The van der Waals surface area contributed by atoms with Crippen molar-refractivity contribution >= 4 is 34.1 Å². The van der Waals surface area contributed by atoms with Crippen LogP contribution in [0.4, 0.5) is 34.1 Å². The summed E-state index contributed by atoms with van der Waals surface area (Å²) in [7, 11) is 0. The highest BCUT2D eigenvalue weighted by atomic mass is 15.1. The number of fused-ring (bicyclic) bond motifs is 6. The molecular formula is C52H34N4. The molecule has 4 nitrogen and oxygen atoms in total. The third-order valence-electron chi connectivity index (χ3n) is 11.3. The molecule has 0 heterocycles. The number of hydrogen-bond donors (Lipinski definition) is 0. The summed E-state index contributed by atoms with van der Waals surface area (Å²) in [5, 5.41) is 20.3. The molecule has 8 aromatic carbocycles. The molecule has 0 saturated heterocycles. The highest BCUT2D eigenvalue weighted by molar-refractivity contribution is 5.90. The van der Waals surface area contributed by atoms with Gasteiger partial charge in [0.1, 0.15) is 0 Å². The lowest BCUT2D eigenvalue weighted by molar-refractivity contribution is 0.723. The number of nitriles is 2. The van der Waals surface area contributed by atoms with E-state index < -0.39 is 0 Å². The average Bonchev–Trinajstić information content (AvgIpc) is 3.75. The summed E-state index contributed by atoms with van der Waals surface area (Å²) in [6.45, 7) is 0. The van der Waals surface area contributed by atoms with Gasteiger partial charge in [-0.1, -0.05) is 97.1 Å². The van der Waals surface area contributed by atoms with Crippen LogP contribution in [0.15, 0.2) is 194 Å². The SMILES string of the molecule is N#Cc1ccc2c(c1)C(C1c3cc(N(c4ccccc4)c4ccccc4)ccc3-c3ccc(N(c4ccccc4)c4ccccc4)cc31)c1cc(C#N)ccc1-2. The number of anilines is 6. The summed E-state index contributed by atoms with van der Waals surface area (Å²) >= 11 is 0. The van der Waals surface area contributed by atoms with Gasteiger partial charge in [-0.25, -0.2) is 0 Å². The third kappa shape index (κ3) is 5.44. The van der Waals surface area contributed by atoms with Crippen molar-refractivity contribution in [3.8, 4) is 34.4 Å². The summed E-state index contributed by atoms with van der Waals surface area (Å²) in [6.07, 6.45) is 0. The van der Waals surface area contributed by atoms with Gasteiger partial charge in [0.2, 0.25) is 0 Å². The fourth-order valence-corrected chi connectivity index (χ4v) is 8.91. The van der Waals surface area contributed by atoms with E-state index >= 15 is 0 Å². The van der Waals surface area contributed by atoms with Gasteiger partial charge >= 0.3 is 0 Å². The van der Waals surface area contributed by atoms with Crippen LogP contribution in [0.25, 0.3) is 22.3 Å². The molecule has 0 aliphatic heterocycles. The second-order valence-corrected chi connectivity index (χ2v) is 14.3. The summed E-state index contributed by atoms with van der Waals surface area (Å²) in [4.78, 5) is 4.63. The molecule has 10 rings (SSSR count). The highest BCUT2D eigenvalue weighted by Gasteiger charge is 2.42. The van der Waals surface area contributed by atoms with Gasteiger partial charge in [0.15, 0.2) is 0 Å². The van der Waals surface area contributed by atoms with Gasteiger partial charge in [-0.15, -0.1) is 0 Å². The predicted molar refractivity (Wildman–Crippen MR) is 226 cm³/mol. The number of para-hydroxylation sites is 4. The number of benzene rings is 8. The molecule has 0 N–H and O–H groups in total. The first-order chi connectivity index (χ1) is 27.7. The molecule has 4 heteroatoms. The van der Waals surface area contributed by atoms with Crippen LogP contribution < -0.4 is 9.80 Å². The van der Waals surface area contributed by atoms with Crippen molar-refractivity contribution in [2.45, 2.75) is 11.8 Å². The molecule has 262 valence electrons. The van der Waals surface area contributed by atoms with Gasteiger partial charge in [0.25, 0.3) is 0 Å². The molecule has 0 amide bonds. The van der Waals surface area contributed by atoms with Gasteiger partial charge in [-0.2, -0.15) is 10.5 Å². The van der Waals surface area contributed by atoms with E-state index in [0.29, 0.717) is 11.1 Å². The first kappa shape index (κ1) is 32.9. The smallest absolute Gasteiger partial charge is 0.0991 e. The summed E-state index contributed by atoms with van der Waals surface area (Å²) in [6, 6.07) is 72.7. The lowest BCUT2D eigenvalue weighted by Gasteiger charge is -2.29. The first-order valence-electron chi connectivity index (χ1n) is 18.9. The third-order valence-corrected chi connectivity index (χ3v) is 11.3. The Kier molecular flexibility index (Phi) is 8.02. The first-order valence-corrected chi connectivity index (χ1v) is 18.9. The maximum atomic E-state index is 10.2. The van der Waals surface area contributed by atoms with Crippen LogP contribution in [0.1, 0.15) is 45.2 Å². The normalized spacial score (nSPS) is 12.5. The standard InChI is InChI=1S/C52H34N4/c53-33-35-21-25-43-44-26-22-36(34-54)30-48(44)51(47(43)29-35)52-49-31-41(55(37-13-5-1-6-14-37)38-15-7-2-8-16-38)23-27-45(49)46-28-24-42(32-50(46)52)56(39-17-9-3-10-18-39)40-19-11-4-12-20-40/h1-32,51-52H. The predicted octanol–water partition coefficient (Wildman–Crippen LogP) is 13.3. The second kappa shape index (κ2) is 13.6. The number of rotatable bonds is 7. The van der Waals surface area contributed by atoms with E-state index in [9.17, 15) is 10.5 Å². The van der Waals surface area contributed by atoms with E-state index in [1.807, 2.05) is 36.4 Å². The molecule has 0 unspecified atom stereocenters. The molecule has 0 saturated carbocycles. The largest absolute Gasteiger partial charge is 0.310 e. The fourth-order valence-electron chi connectivity index (χ4n) is 8.91. The molecule has 8 aromatic rings. The maximum absolute atomic E-state index is 10.2. The molecule has 2 aliphatic rings. The van der Waals surface area contributed by atoms with E-state index in [4.69, 9.17) is 0 Å². The zero-order valence-electron chi connectivity index (χ0n) is 30.4. The number of nitrogens with zero attached hydrogens (tertiary/aromatic N) is 4. The lowest BCUT2D eigenvalue weighted by atomic mass is 9.77. The highest BCUT2D eigenvalue weighted by Crippen LogP contribution is 2.60.